The second kappa shape index (κ2) is 6.57. The van der Waals surface area contributed by atoms with Gasteiger partial charge >= 0.3 is 0 Å². The molecule has 1 aromatic heterocycles. The van der Waals surface area contributed by atoms with Crippen molar-refractivity contribution >= 4 is 0 Å². The maximum absolute atomic E-state index is 4.41. The fourth-order valence-electron chi connectivity index (χ4n) is 2.43. The Hall–Kier alpha value is -1.75. The van der Waals surface area contributed by atoms with Crippen molar-refractivity contribution in [3.05, 3.63) is 41.2 Å². The first kappa shape index (κ1) is 16.6. The number of tetrazole rings is 1. The predicted octanol–water partition coefficient (Wildman–Crippen LogP) is 2.82. The van der Waals surface area contributed by atoms with Crippen LogP contribution in [0.5, 0.6) is 0 Å². The SMILES string of the molecule is Cc1nnn(C(CCN(C)C)c2ccc(C(C)(C)C)cc2)n1. The molecule has 0 aliphatic rings. The van der Waals surface area contributed by atoms with Gasteiger partial charge in [0.15, 0.2) is 5.82 Å². The van der Waals surface area contributed by atoms with Gasteiger partial charge in [0.2, 0.25) is 0 Å². The topological polar surface area (TPSA) is 46.8 Å². The van der Waals surface area contributed by atoms with Crippen molar-refractivity contribution in [2.24, 2.45) is 0 Å². The Labute approximate surface area is 133 Å². The molecule has 120 valence electrons. The lowest BCUT2D eigenvalue weighted by Crippen LogP contribution is -2.21. The lowest BCUT2D eigenvalue weighted by atomic mass is 9.86. The summed E-state index contributed by atoms with van der Waals surface area (Å²) in [5, 5.41) is 12.6. The molecule has 0 amide bonds. The van der Waals surface area contributed by atoms with Gasteiger partial charge < -0.3 is 4.90 Å². The number of hydrogen-bond donors (Lipinski definition) is 0. The number of hydrogen-bond acceptors (Lipinski definition) is 4. The highest BCUT2D eigenvalue weighted by atomic mass is 15.6. The fraction of sp³-hybridized carbons (Fsp3) is 0.588. The summed E-state index contributed by atoms with van der Waals surface area (Å²) in [4.78, 5) is 3.92. The zero-order chi connectivity index (χ0) is 16.3. The molecule has 5 nitrogen and oxygen atoms in total. The van der Waals surface area contributed by atoms with Crippen LogP contribution in [-0.2, 0) is 5.41 Å². The van der Waals surface area contributed by atoms with Gasteiger partial charge in [-0.15, -0.1) is 10.2 Å². The molecule has 0 spiro atoms. The molecule has 0 aliphatic carbocycles. The molecule has 0 aliphatic heterocycles. The third kappa shape index (κ3) is 4.13. The van der Waals surface area contributed by atoms with Crippen molar-refractivity contribution in [3.8, 4) is 0 Å². The summed E-state index contributed by atoms with van der Waals surface area (Å²) >= 11 is 0. The third-order valence-electron chi connectivity index (χ3n) is 3.82. The largest absolute Gasteiger partial charge is 0.309 e. The Kier molecular flexibility index (Phi) is 4.96. The zero-order valence-electron chi connectivity index (χ0n) is 14.5. The Morgan fingerprint density at radius 1 is 1.14 bits per heavy atom. The predicted molar refractivity (Wildman–Crippen MR) is 89.0 cm³/mol. The summed E-state index contributed by atoms with van der Waals surface area (Å²) in [7, 11) is 4.17. The lowest BCUT2D eigenvalue weighted by Gasteiger charge is -2.22. The lowest BCUT2D eigenvalue weighted by molar-refractivity contribution is 0.339. The van der Waals surface area contributed by atoms with E-state index >= 15 is 0 Å². The van der Waals surface area contributed by atoms with Crippen molar-refractivity contribution < 1.29 is 0 Å². The van der Waals surface area contributed by atoms with Crippen molar-refractivity contribution in [1.29, 1.82) is 0 Å². The van der Waals surface area contributed by atoms with Gasteiger partial charge in [0.25, 0.3) is 0 Å². The summed E-state index contributed by atoms with van der Waals surface area (Å²) in [6.45, 7) is 9.54. The first-order chi connectivity index (χ1) is 10.3. The minimum absolute atomic E-state index is 0.123. The van der Waals surface area contributed by atoms with Gasteiger partial charge in [0.1, 0.15) is 0 Å². The standard InChI is InChI=1S/C17H27N5/c1-13-18-20-22(19-13)16(11-12-21(5)6)14-7-9-15(10-8-14)17(2,3)4/h7-10,16H,11-12H2,1-6H3. The molecule has 0 radical (unpaired) electrons. The molecular weight excluding hydrogens is 274 g/mol. The quantitative estimate of drug-likeness (QED) is 0.852. The van der Waals surface area contributed by atoms with Gasteiger partial charge in [0, 0.05) is 0 Å². The van der Waals surface area contributed by atoms with Crippen molar-refractivity contribution in [3.63, 3.8) is 0 Å². The third-order valence-corrected chi connectivity index (χ3v) is 3.82. The van der Waals surface area contributed by atoms with Gasteiger partial charge in [0.05, 0.1) is 6.04 Å². The van der Waals surface area contributed by atoms with Gasteiger partial charge in [-0.05, 0) is 55.7 Å². The maximum Gasteiger partial charge on any atom is 0.171 e. The Bertz CT molecular complexity index is 592. The van der Waals surface area contributed by atoms with Gasteiger partial charge in [-0.25, -0.2) is 0 Å². The normalized spacial score (nSPS) is 13.6. The average molecular weight is 301 g/mol. The van der Waals surface area contributed by atoms with Crippen LogP contribution in [0.25, 0.3) is 0 Å². The van der Waals surface area contributed by atoms with E-state index in [2.05, 4.69) is 79.4 Å². The molecule has 0 saturated heterocycles. The highest BCUT2D eigenvalue weighted by Gasteiger charge is 2.19. The van der Waals surface area contributed by atoms with Crippen LogP contribution < -0.4 is 0 Å². The van der Waals surface area contributed by atoms with Crippen LogP contribution in [0.1, 0.15) is 50.2 Å². The first-order valence-electron chi connectivity index (χ1n) is 7.78. The number of rotatable bonds is 5. The molecule has 1 heterocycles. The summed E-state index contributed by atoms with van der Waals surface area (Å²) in [5.74, 6) is 0.709. The van der Waals surface area contributed by atoms with Crippen LogP contribution in [0.3, 0.4) is 0 Å². The van der Waals surface area contributed by atoms with Crippen LogP contribution in [0.15, 0.2) is 24.3 Å². The van der Waals surface area contributed by atoms with E-state index in [0.717, 1.165) is 13.0 Å². The maximum atomic E-state index is 4.41. The molecule has 22 heavy (non-hydrogen) atoms. The second-order valence-corrected chi connectivity index (χ2v) is 7.14. The monoisotopic (exact) mass is 301 g/mol. The van der Waals surface area contributed by atoms with Gasteiger partial charge in [-0.3, -0.25) is 0 Å². The summed E-state index contributed by atoms with van der Waals surface area (Å²) in [6, 6.07) is 8.93. The van der Waals surface area contributed by atoms with Crippen molar-refractivity contribution in [1.82, 2.24) is 25.1 Å². The summed E-state index contributed by atoms with van der Waals surface area (Å²) < 4.78 is 0. The molecule has 0 N–H and O–H groups in total. The van der Waals surface area contributed by atoms with Crippen LogP contribution in [0.2, 0.25) is 0 Å². The molecule has 2 aromatic rings. The fourth-order valence-corrected chi connectivity index (χ4v) is 2.43. The zero-order valence-corrected chi connectivity index (χ0v) is 14.5. The molecule has 0 fully saturated rings. The Morgan fingerprint density at radius 2 is 1.77 bits per heavy atom. The Morgan fingerprint density at radius 3 is 2.23 bits per heavy atom. The van der Waals surface area contributed by atoms with Crippen molar-refractivity contribution in [2.45, 2.75) is 45.6 Å². The number of aryl methyl sites for hydroxylation is 1. The van der Waals surface area contributed by atoms with E-state index in [4.69, 9.17) is 0 Å². The molecule has 5 heteroatoms. The Balaban J connectivity index is 2.28. The van der Waals surface area contributed by atoms with Crippen LogP contribution in [0.4, 0.5) is 0 Å². The number of nitrogens with zero attached hydrogens (tertiary/aromatic N) is 5. The van der Waals surface area contributed by atoms with E-state index in [1.165, 1.54) is 11.1 Å². The van der Waals surface area contributed by atoms with E-state index in [0.29, 0.717) is 5.82 Å². The van der Waals surface area contributed by atoms with E-state index in [9.17, 15) is 0 Å². The first-order valence-corrected chi connectivity index (χ1v) is 7.78. The number of benzene rings is 1. The molecule has 2 rings (SSSR count). The second-order valence-electron chi connectivity index (χ2n) is 7.14. The highest BCUT2D eigenvalue weighted by Crippen LogP contribution is 2.26. The molecule has 1 atom stereocenters. The van der Waals surface area contributed by atoms with E-state index in [1.807, 2.05) is 6.92 Å². The smallest absolute Gasteiger partial charge is 0.171 e. The van der Waals surface area contributed by atoms with E-state index in [-0.39, 0.29) is 11.5 Å². The van der Waals surface area contributed by atoms with Gasteiger partial charge in [-0.2, -0.15) is 4.80 Å². The molecule has 1 unspecified atom stereocenters. The minimum atomic E-state index is 0.123. The molecule has 0 saturated carbocycles. The summed E-state index contributed by atoms with van der Waals surface area (Å²) in [5.41, 5.74) is 2.73. The van der Waals surface area contributed by atoms with Crippen LogP contribution >= 0.6 is 0 Å². The average Bonchev–Trinajstić information content (AvgIpc) is 2.85. The minimum Gasteiger partial charge on any atom is -0.309 e. The van der Waals surface area contributed by atoms with E-state index in [1.54, 1.807) is 4.80 Å². The van der Waals surface area contributed by atoms with E-state index < -0.39 is 0 Å². The molecule has 0 bridgehead atoms. The van der Waals surface area contributed by atoms with Gasteiger partial charge in [-0.1, -0.05) is 45.0 Å². The summed E-state index contributed by atoms with van der Waals surface area (Å²) in [6.07, 6.45) is 0.956. The van der Waals surface area contributed by atoms with Crippen molar-refractivity contribution in [2.75, 3.05) is 20.6 Å². The molecule has 1 aromatic carbocycles. The molecular formula is C17H27N5. The number of aromatic nitrogens is 4. The van der Waals surface area contributed by atoms with Crippen LogP contribution in [-0.4, -0.2) is 45.7 Å². The highest BCUT2D eigenvalue weighted by molar-refractivity contribution is 5.29. The van der Waals surface area contributed by atoms with Crippen LogP contribution in [0, 0.1) is 6.92 Å².